The van der Waals surface area contributed by atoms with E-state index in [1.54, 1.807) is 24.3 Å². The van der Waals surface area contributed by atoms with Crippen LogP contribution in [0.1, 0.15) is 37.5 Å². The number of nitrogens with one attached hydrogen (secondary N) is 1. The van der Waals surface area contributed by atoms with Crippen molar-refractivity contribution in [2.75, 3.05) is 0 Å². The lowest BCUT2D eigenvalue weighted by Gasteiger charge is -2.25. The molecule has 2 aromatic rings. The quantitative estimate of drug-likeness (QED) is 0.806. The molecule has 0 fully saturated rings. The minimum absolute atomic E-state index is 0.0589. The van der Waals surface area contributed by atoms with Crippen molar-refractivity contribution in [1.82, 2.24) is 4.72 Å². The van der Waals surface area contributed by atoms with Crippen molar-refractivity contribution < 1.29 is 13.5 Å². The van der Waals surface area contributed by atoms with Crippen molar-refractivity contribution in [2.45, 2.75) is 44.2 Å². The third-order valence-electron chi connectivity index (χ3n) is 4.10. The van der Waals surface area contributed by atoms with E-state index in [9.17, 15) is 13.5 Å². The summed E-state index contributed by atoms with van der Waals surface area (Å²) in [5.41, 5.74) is 1.80. The summed E-state index contributed by atoms with van der Waals surface area (Å²) in [4.78, 5) is 0.243. The van der Waals surface area contributed by atoms with Gasteiger partial charge in [-0.3, -0.25) is 0 Å². The van der Waals surface area contributed by atoms with E-state index >= 15 is 0 Å². The van der Waals surface area contributed by atoms with Crippen LogP contribution in [0.15, 0.2) is 59.5 Å². The number of sulfonamides is 1. The van der Waals surface area contributed by atoms with Crippen LogP contribution >= 0.6 is 0 Å². The highest BCUT2D eigenvalue weighted by molar-refractivity contribution is 7.89. The Kier molecular flexibility index (Phi) is 6.15. The van der Waals surface area contributed by atoms with Gasteiger partial charge in [0.1, 0.15) is 0 Å². The SMILES string of the molecule is Cc1ccc(S(=O)(=O)N[C@@H](C[C@@H](O)c2ccccc2)C(C)C)cc1. The van der Waals surface area contributed by atoms with Crippen LogP contribution in [0.5, 0.6) is 0 Å². The lowest BCUT2D eigenvalue weighted by atomic mass is 9.95. The highest BCUT2D eigenvalue weighted by Gasteiger charge is 2.25. The van der Waals surface area contributed by atoms with Gasteiger partial charge in [-0.2, -0.15) is 0 Å². The van der Waals surface area contributed by atoms with Gasteiger partial charge in [0.25, 0.3) is 0 Å². The van der Waals surface area contributed by atoms with Crippen LogP contribution in [0.2, 0.25) is 0 Å². The largest absolute Gasteiger partial charge is 0.388 e. The summed E-state index contributed by atoms with van der Waals surface area (Å²) < 4.78 is 27.9. The molecule has 0 bridgehead atoms. The van der Waals surface area contributed by atoms with Crippen molar-refractivity contribution in [1.29, 1.82) is 0 Å². The average Bonchev–Trinajstić information content (AvgIpc) is 2.55. The minimum Gasteiger partial charge on any atom is -0.388 e. The van der Waals surface area contributed by atoms with Gasteiger partial charge >= 0.3 is 0 Å². The average molecular weight is 347 g/mol. The fourth-order valence-electron chi connectivity index (χ4n) is 2.49. The zero-order chi connectivity index (χ0) is 17.7. The Morgan fingerprint density at radius 1 is 1.00 bits per heavy atom. The highest BCUT2D eigenvalue weighted by atomic mass is 32.2. The van der Waals surface area contributed by atoms with E-state index in [1.165, 1.54) is 0 Å². The van der Waals surface area contributed by atoms with Crippen LogP contribution < -0.4 is 4.72 Å². The number of benzene rings is 2. The molecule has 0 spiro atoms. The van der Waals surface area contributed by atoms with Crippen molar-refractivity contribution in [3.05, 3.63) is 65.7 Å². The molecule has 0 radical (unpaired) electrons. The molecule has 2 atom stereocenters. The summed E-state index contributed by atoms with van der Waals surface area (Å²) in [6, 6.07) is 15.7. The summed E-state index contributed by atoms with van der Waals surface area (Å²) >= 11 is 0. The topological polar surface area (TPSA) is 66.4 Å². The zero-order valence-corrected chi connectivity index (χ0v) is 15.1. The molecule has 2 rings (SSSR count). The monoisotopic (exact) mass is 347 g/mol. The smallest absolute Gasteiger partial charge is 0.240 e. The van der Waals surface area contributed by atoms with Crippen LogP contribution in [-0.4, -0.2) is 19.6 Å². The van der Waals surface area contributed by atoms with Gasteiger partial charge in [-0.15, -0.1) is 0 Å². The lowest BCUT2D eigenvalue weighted by molar-refractivity contribution is 0.146. The molecule has 0 saturated heterocycles. The first kappa shape index (κ1) is 18.6. The Morgan fingerprint density at radius 3 is 2.12 bits per heavy atom. The zero-order valence-electron chi connectivity index (χ0n) is 14.3. The van der Waals surface area contributed by atoms with Gasteiger partial charge in [0.15, 0.2) is 0 Å². The van der Waals surface area contributed by atoms with Gasteiger partial charge in [0, 0.05) is 6.04 Å². The summed E-state index contributed by atoms with van der Waals surface area (Å²) in [6.45, 7) is 5.80. The van der Waals surface area contributed by atoms with E-state index in [-0.39, 0.29) is 16.9 Å². The molecule has 2 aromatic carbocycles. The molecule has 0 heterocycles. The number of aliphatic hydroxyl groups is 1. The van der Waals surface area contributed by atoms with Crippen molar-refractivity contribution in [3.63, 3.8) is 0 Å². The molecule has 4 nitrogen and oxygen atoms in total. The standard InChI is InChI=1S/C19H25NO3S/c1-14(2)18(13-19(21)16-7-5-4-6-8-16)20-24(22,23)17-11-9-15(3)10-12-17/h4-12,14,18-21H,13H2,1-3H3/t18-,19+/m0/s1. The first-order valence-corrected chi connectivity index (χ1v) is 9.60. The van der Waals surface area contributed by atoms with Gasteiger partial charge in [-0.05, 0) is 37.0 Å². The van der Waals surface area contributed by atoms with Crippen LogP contribution in [0, 0.1) is 12.8 Å². The van der Waals surface area contributed by atoms with Crippen LogP contribution in [0.3, 0.4) is 0 Å². The molecule has 0 saturated carbocycles. The number of hydrogen-bond donors (Lipinski definition) is 2. The predicted molar refractivity (Wildman–Crippen MR) is 96.1 cm³/mol. The van der Waals surface area contributed by atoms with Crippen molar-refractivity contribution >= 4 is 10.0 Å². The third-order valence-corrected chi connectivity index (χ3v) is 5.61. The Balaban J connectivity index is 2.14. The molecule has 0 aliphatic rings. The van der Waals surface area contributed by atoms with Crippen LogP contribution in [0.25, 0.3) is 0 Å². The van der Waals surface area contributed by atoms with Crippen molar-refractivity contribution in [3.8, 4) is 0 Å². The number of aryl methyl sites for hydroxylation is 1. The van der Waals surface area contributed by atoms with Gasteiger partial charge < -0.3 is 5.11 Å². The summed E-state index contributed by atoms with van der Waals surface area (Å²) in [5.74, 6) is 0.0589. The Bertz CT molecular complexity index is 740. The molecule has 130 valence electrons. The molecule has 24 heavy (non-hydrogen) atoms. The highest BCUT2D eigenvalue weighted by Crippen LogP contribution is 2.22. The second-order valence-corrected chi connectivity index (χ2v) is 8.16. The first-order valence-electron chi connectivity index (χ1n) is 8.11. The maximum Gasteiger partial charge on any atom is 0.240 e. The summed E-state index contributed by atoms with van der Waals surface area (Å²) in [7, 11) is -3.61. The minimum atomic E-state index is -3.61. The Hall–Kier alpha value is -1.69. The van der Waals surface area contributed by atoms with Gasteiger partial charge in [0.05, 0.1) is 11.0 Å². The number of rotatable bonds is 7. The van der Waals surface area contributed by atoms with Gasteiger partial charge in [-0.1, -0.05) is 61.9 Å². The molecule has 0 unspecified atom stereocenters. The molecule has 0 amide bonds. The maximum atomic E-state index is 12.6. The van der Waals surface area contributed by atoms with Crippen LogP contribution in [0.4, 0.5) is 0 Å². The molecular weight excluding hydrogens is 322 g/mol. The van der Waals surface area contributed by atoms with E-state index in [2.05, 4.69) is 4.72 Å². The number of hydrogen-bond acceptors (Lipinski definition) is 3. The summed E-state index contributed by atoms with van der Waals surface area (Å²) in [6.07, 6.45) is -0.383. The molecule has 0 aliphatic carbocycles. The van der Waals surface area contributed by atoms with E-state index in [0.717, 1.165) is 11.1 Å². The molecule has 5 heteroatoms. The second-order valence-electron chi connectivity index (χ2n) is 6.45. The second kappa shape index (κ2) is 7.92. The van der Waals surface area contributed by atoms with Gasteiger partial charge in [0.2, 0.25) is 10.0 Å². The normalized spacial score (nSPS) is 14.5. The Morgan fingerprint density at radius 2 is 1.58 bits per heavy atom. The lowest BCUT2D eigenvalue weighted by Crippen LogP contribution is -2.39. The van der Waals surface area contributed by atoms with E-state index < -0.39 is 16.1 Å². The van der Waals surface area contributed by atoms with E-state index in [0.29, 0.717) is 6.42 Å². The maximum absolute atomic E-state index is 12.6. The van der Waals surface area contributed by atoms with Gasteiger partial charge in [-0.25, -0.2) is 13.1 Å². The fourth-order valence-corrected chi connectivity index (χ4v) is 3.89. The molecule has 0 aliphatic heterocycles. The van der Waals surface area contributed by atoms with Crippen molar-refractivity contribution in [2.24, 2.45) is 5.92 Å². The van der Waals surface area contributed by atoms with E-state index in [1.807, 2.05) is 51.1 Å². The molecular formula is C19H25NO3S. The first-order chi connectivity index (χ1) is 11.3. The fraction of sp³-hybridized carbons (Fsp3) is 0.368. The predicted octanol–water partition coefficient (Wildman–Crippen LogP) is 3.42. The summed E-state index contributed by atoms with van der Waals surface area (Å²) in [5, 5.41) is 10.4. The number of aliphatic hydroxyl groups excluding tert-OH is 1. The van der Waals surface area contributed by atoms with Crippen LogP contribution in [-0.2, 0) is 10.0 Å². The Labute approximate surface area is 144 Å². The third kappa shape index (κ3) is 4.90. The molecule has 0 aromatic heterocycles. The van der Waals surface area contributed by atoms with E-state index in [4.69, 9.17) is 0 Å². The molecule has 2 N–H and O–H groups in total.